The lowest BCUT2D eigenvalue weighted by molar-refractivity contribution is 0.0784. The third-order valence-electron chi connectivity index (χ3n) is 7.06. The van der Waals surface area contributed by atoms with Crippen LogP contribution < -0.4 is 5.56 Å². The first-order chi connectivity index (χ1) is 18.7. The number of aryl methyl sites for hydroxylation is 1. The number of nitrogens with zero attached hydrogens (tertiary/aromatic N) is 5. The van der Waals surface area contributed by atoms with Crippen LogP contribution in [0.4, 0.5) is 13.2 Å². The molecule has 2 aromatic carbocycles. The summed E-state index contributed by atoms with van der Waals surface area (Å²) in [5.41, 5.74) is 0.0332. The number of halogens is 3. The van der Waals surface area contributed by atoms with Crippen LogP contribution in [0.5, 0.6) is 5.88 Å². The van der Waals surface area contributed by atoms with Gasteiger partial charge in [0.15, 0.2) is 11.4 Å². The summed E-state index contributed by atoms with van der Waals surface area (Å²) in [7, 11) is 1.66. The van der Waals surface area contributed by atoms with Crippen molar-refractivity contribution in [3.05, 3.63) is 99.4 Å². The van der Waals surface area contributed by atoms with Crippen LogP contribution in [0.15, 0.2) is 59.7 Å². The summed E-state index contributed by atoms with van der Waals surface area (Å²) in [6, 6.07) is 8.10. The van der Waals surface area contributed by atoms with Crippen molar-refractivity contribution in [3.63, 3.8) is 0 Å². The van der Waals surface area contributed by atoms with Crippen molar-refractivity contribution in [3.8, 4) is 17.3 Å². The van der Waals surface area contributed by atoms with E-state index in [0.717, 1.165) is 23.8 Å². The van der Waals surface area contributed by atoms with Crippen LogP contribution in [0.2, 0.25) is 0 Å². The Labute approximate surface area is 222 Å². The van der Waals surface area contributed by atoms with E-state index in [1.807, 2.05) is 0 Å². The first kappa shape index (κ1) is 26.2. The van der Waals surface area contributed by atoms with Crippen LogP contribution in [-0.4, -0.2) is 48.3 Å². The van der Waals surface area contributed by atoms with E-state index < -0.39 is 40.6 Å². The van der Waals surface area contributed by atoms with E-state index in [2.05, 4.69) is 10.1 Å². The SMILES string of the molecule is CCC(c1cc(F)cc(F)c1)n1c(-c2cnn(C)c2)nc(O)c(C(=O)N2CCC(c3ccc(F)cc3)C2)c1=O. The van der Waals surface area contributed by atoms with Crippen molar-refractivity contribution in [1.82, 2.24) is 24.2 Å². The second-order valence-electron chi connectivity index (χ2n) is 9.63. The van der Waals surface area contributed by atoms with Gasteiger partial charge < -0.3 is 10.0 Å². The number of carbonyl (C=O) groups is 1. The van der Waals surface area contributed by atoms with Crippen LogP contribution in [0, 0.1) is 17.5 Å². The van der Waals surface area contributed by atoms with E-state index in [9.17, 15) is 27.9 Å². The summed E-state index contributed by atoms with van der Waals surface area (Å²) in [5.74, 6) is -3.51. The molecule has 1 N–H and O–H groups in total. The molecule has 3 heterocycles. The molecule has 202 valence electrons. The van der Waals surface area contributed by atoms with Gasteiger partial charge in [-0.2, -0.15) is 10.1 Å². The topological polar surface area (TPSA) is 93.2 Å². The smallest absolute Gasteiger partial charge is 0.271 e. The largest absolute Gasteiger partial charge is 0.493 e. The van der Waals surface area contributed by atoms with Gasteiger partial charge in [-0.1, -0.05) is 19.1 Å². The minimum atomic E-state index is -0.900. The van der Waals surface area contributed by atoms with E-state index in [-0.39, 0.29) is 36.1 Å². The maximum Gasteiger partial charge on any atom is 0.271 e. The number of benzene rings is 2. The molecule has 5 rings (SSSR count). The van der Waals surface area contributed by atoms with Gasteiger partial charge in [-0.05, 0) is 48.2 Å². The Balaban J connectivity index is 1.60. The van der Waals surface area contributed by atoms with Gasteiger partial charge in [-0.25, -0.2) is 13.2 Å². The molecule has 0 radical (unpaired) electrons. The van der Waals surface area contributed by atoms with Gasteiger partial charge >= 0.3 is 0 Å². The minimum absolute atomic E-state index is 0.00396. The molecule has 1 amide bonds. The van der Waals surface area contributed by atoms with E-state index in [1.54, 1.807) is 32.3 Å². The molecule has 8 nitrogen and oxygen atoms in total. The molecule has 0 bridgehead atoms. The van der Waals surface area contributed by atoms with E-state index >= 15 is 0 Å². The monoisotopic (exact) mass is 537 g/mol. The van der Waals surface area contributed by atoms with Gasteiger partial charge in [-0.3, -0.25) is 18.8 Å². The summed E-state index contributed by atoms with van der Waals surface area (Å²) >= 11 is 0. The highest BCUT2D eigenvalue weighted by Gasteiger charge is 2.34. The zero-order valence-corrected chi connectivity index (χ0v) is 21.3. The van der Waals surface area contributed by atoms with Gasteiger partial charge in [0, 0.05) is 38.3 Å². The lowest BCUT2D eigenvalue weighted by atomic mass is 9.98. The van der Waals surface area contributed by atoms with E-state index in [0.29, 0.717) is 18.5 Å². The summed E-state index contributed by atoms with van der Waals surface area (Å²) in [4.78, 5) is 33.2. The van der Waals surface area contributed by atoms with Crippen LogP contribution in [-0.2, 0) is 7.05 Å². The molecule has 39 heavy (non-hydrogen) atoms. The predicted molar refractivity (Wildman–Crippen MR) is 137 cm³/mol. The fourth-order valence-electron chi connectivity index (χ4n) is 5.18. The maximum atomic E-state index is 14.2. The standard InChI is InChI=1S/C28H26F3N5O3/c1-3-23(18-10-21(30)12-22(31)11-18)36-25(19-13-32-34(2)14-19)33-26(37)24(28(36)39)27(38)35-9-8-17(15-35)16-4-6-20(29)7-5-16/h4-7,10-14,17,23,37H,3,8-9,15H2,1-2H3. The summed E-state index contributed by atoms with van der Waals surface area (Å²) in [6.07, 6.45) is 3.83. The van der Waals surface area contributed by atoms with Crippen molar-refractivity contribution in [1.29, 1.82) is 0 Å². The molecule has 2 aromatic heterocycles. The third-order valence-corrected chi connectivity index (χ3v) is 7.06. The van der Waals surface area contributed by atoms with Gasteiger partial charge in [0.25, 0.3) is 11.5 Å². The van der Waals surface area contributed by atoms with Crippen molar-refractivity contribution in [2.75, 3.05) is 13.1 Å². The Bertz CT molecular complexity index is 1580. The van der Waals surface area contributed by atoms with Gasteiger partial charge in [0.05, 0.1) is 17.8 Å². The molecule has 1 aliphatic heterocycles. The highest BCUT2D eigenvalue weighted by Crippen LogP contribution is 2.32. The normalized spacial score (nSPS) is 16.0. The summed E-state index contributed by atoms with van der Waals surface area (Å²) in [5, 5.41) is 15.0. The molecule has 1 saturated heterocycles. The molecule has 2 unspecified atom stereocenters. The summed E-state index contributed by atoms with van der Waals surface area (Å²) in [6.45, 7) is 2.31. The summed E-state index contributed by atoms with van der Waals surface area (Å²) < 4.78 is 44.4. The number of amides is 1. The Kier molecular flexibility index (Phi) is 6.98. The molecule has 0 spiro atoms. The molecule has 11 heteroatoms. The number of hydrogen-bond acceptors (Lipinski definition) is 5. The molecule has 0 aliphatic carbocycles. The first-order valence-corrected chi connectivity index (χ1v) is 12.5. The molecular formula is C28H26F3N5O3. The van der Waals surface area contributed by atoms with E-state index in [1.165, 1.54) is 32.5 Å². The van der Waals surface area contributed by atoms with E-state index in [4.69, 9.17) is 0 Å². The lowest BCUT2D eigenvalue weighted by Gasteiger charge is -2.24. The quantitative estimate of drug-likeness (QED) is 0.394. The fourth-order valence-corrected chi connectivity index (χ4v) is 5.18. The number of aromatic hydroxyl groups is 1. The fraction of sp³-hybridized carbons (Fsp3) is 0.286. The minimum Gasteiger partial charge on any atom is -0.493 e. The molecule has 1 aliphatic rings. The molecule has 1 fully saturated rings. The van der Waals surface area contributed by atoms with Crippen molar-refractivity contribution in [2.45, 2.75) is 31.7 Å². The van der Waals surface area contributed by atoms with Crippen LogP contribution in [0.25, 0.3) is 11.4 Å². The van der Waals surface area contributed by atoms with Crippen LogP contribution in [0.1, 0.15) is 53.2 Å². The Morgan fingerprint density at radius 1 is 1.10 bits per heavy atom. The maximum absolute atomic E-state index is 14.2. The average Bonchev–Trinajstić information content (AvgIpc) is 3.55. The molecular weight excluding hydrogens is 511 g/mol. The molecule has 4 aromatic rings. The number of hydrogen-bond donors (Lipinski definition) is 1. The second-order valence-corrected chi connectivity index (χ2v) is 9.63. The van der Waals surface area contributed by atoms with Gasteiger partial charge in [0.1, 0.15) is 17.5 Å². The Morgan fingerprint density at radius 2 is 1.79 bits per heavy atom. The average molecular weight is 538 g/mol. The van der Waals surface area contributed by atoms with Crippen molar-refractivity contribution >= 4 is 5.91 Å². The van der Waals surface area contributed by atoms with Crippen LogP contribution >= 0.6 is 0 Å². The molecule has 0 saturated carbocycles. The number of carbonyl (C=O) groups excluding carboxylic acids is 1. The Morgan fingerprint density at radius 3 is 2.41 bits per heavy atom. The number of aromatic nitrogens is 4. The third kappa shape index (κ3) is 5.04. The van der Waals surface area contributed by atoms with Crippen molar-refractivity contribution < 1.29 is 23.1 Å². The zero-order chi connectivity index (χ0) is 27.8. The van der Waals surface area contributed by atoms with Crippen molar-refractivity contribution in [2.24, 2.45) is 7.05 Å². The van der Waals surface area contributed by atoms with Crippen LogP contribution in [0.3, 0.4) is 0 Å². The van der Waals surface area contributed by atoms with Gasteiger partial charge in [-0.15, -0.1) is 0 Å². The van der Waals surface area contributed by atoms with Gasteiger partial charge in [0.2, 0.25) is 5.88 Å². The Hall–Kier alpha value is -4.41. The zero-order valence-electron chi connectivity index (χ0n) is 21.3. The predicted octanol–water partition coefficient (Wildman–Crippen LogP) is 4.40. The second kappa shape index (κ2) is 10.4. The molecule has 2 atom stereocenters. The number of rotatable bonds is 6. The highest BCUT2D eigenvalue weighted by molar-refractivity contribution is 5.96. The highest BCUT2D eigenvalue weighted by atomic mass is 19.1. The first-order valence-electron chi connectivity index (χ1n) is 12.5. The lowest BCUT2D eigenvalue weighted by Crippen LogP contribution is -2.38. The number of likely N-dealkylation sites (tertiary alicyclic amines) is 1.